The molecule has 6 heteroatoms. The maximum Gasteiger partial charge on any atom is 0.337 e. The van der Waals surface area contributed by atoms with Gasteiger partial charge in [-0.2, -0.15) is 0 Å². The number of halogens is 1. The van der Waals surface area contributed by atoms with Crippen LogP contribution in [0.3, 0.4) is 0 Å². The van der Waals surface area contributed by atoms with E-state index in [1.54, 1.807) is 24.3 Å². The molecule has 2 rings (SSSR count). The van der Waals surface area contributed by atoms with Gasteiger partial charge in [-0.15, -0.1) is 0 Å². The Morgan fingerprint density at radius 3 is 2.38 bits per heavy atom. The summed E-state index contributed by atoms with van der Waals surface area (Å²) in [6.07, 6.45) is 0. The molecule has 0 heterocycles. The number of aromatic carboxylic acids is 1. The monoisotopic (exact) mass is 304 g/mol. The molecule has 108 valence electrons. The standard InChI is InChI=1S/C15H13ClN2O3/c1-10(19)18(17-12-5-3-2-4-6-12)14-8-7-11(16)9-13(14)15(20)21/h2-9,17H,1H3,(H,20,21). The molecule has 0 aliphatic rings. The average Bonchev–Trinajstić information content (AvgIpc) is 2.46. The molecule has 2 aromatic carbocycles. The number of benzene rings is 2. The number of hydrogen-bond donors (Lipinski definition) is 2. The lowest BCUT2D eigenvalue weighted by atomic mass is 10.1. The van der Waals surface area contributed by atoms with Crippen LogP contribution in [0.15, 0.2) is 48.5 Å². The van der Waals surface area contributed by atoms with Crippen molar-refractivity contribution in [3.8, 4) is 0 Å². The summed E-state index contributed by atoms with van der Waals surface area (Å²) in [6, 6.07) is 13.3. The van der Waals surface area contributed by atoms with Crippen LogP contribution in [0.1, 0.15) is 17.3 Å². The molecule has 5 nitrogen and oxygen atoms in total. The van der Waals surface area contributed by atoms with Gasteiger partial charge in [0.15, 0.2) is 0 Å². The fourth-order valence-corrected chi connectivity index (χ4v) is 2.00. The number of rotatable bonds is 4. The van der Waals surface area contributed by atoms with E-state index >= 15 is 0 Å². The fraction of sp³-hybridized carbons (Fsp3) is 0.0667. The van der Waals surface area contributed by atoms with Gasteiger partial charge in [-0.3, -0.25) is 10.2 Å². The predicted octanol–water partition coefficient (Wildman–Crippen LogP) is 3.42. The Bertz CT molecular complexity index is 674. The van der Waals surface area contributed by atoms with Gasteiger partial charge in [0.05, 0.1) is 16.9 Å². The first-order chi connectivity index (χ1) is 9.99. The van der Waals surface area contributed by atoms with Gasteiger partial charge in [-0.05, 0) is 30.3 Å². The fourth-order valence-electron chi connectivity index (χ4n) is 1.82. The van der Waals surface area contributed by atoms with Crippen molar-refractivity contribution in [1.29, 1.82) is 0 Å². The van der Waals surface area contributed by atoms with E-state index < -0.39 is 5.97 Å². The Kier molecular flexibility index (Phi) is 4.45. The number of carbonyl (C=O) groups is 2. The van der Waals surface area contributed by atoms with Crippen molar-refractivity contribution >= 4 is 34.9 Å². The minimum absolute atomic E-state index is 0.0545. The van der Waals surface area contributed by atoms with Gasteiger partial charge in [-0.25, -0.2) is 9.80 Å². The van der Waals surface area contributed by atoms with Crippen molar-refractivity contribution < 1.29 is 14.7 Å². The Hall–Kier alpha value is -2.53. The molecular weight excluding hydrogens is 292 g/mol. The van der Waals surface area contributed by atoms with E-state index in [9.17, 15) is 14.7 Å². The summed E-state index contributed by atoms with van der Waals surface area (Å²) in [6.45, 7) is 1.34. The molecule has 0 aliphatic heterocycles. The van der Waals surface area contributed by atoms with E-state index in [0.717, 1.165) is 0 Å². The van der Waals surface area contributed by atoms with Gasteiger partial charge in [0.1, 0.15) is 0 Å². The van der Waals surface area contributed by atoms with Crippen molar-refractivity contribution in [1.82, 2.24) is 0 Å². The number of anilines is 2. The van der Waals surface area contributed by atoms with E-state index in [1.807, 2.05) is 6.07 Å². The number of carboxylic acid groups (broad SMARTS) is 1. The van der Waals surface area contributed by atoms with Crippen LogP contribution in [0.25, 0.3) is 0 Å². The third-order valence-corrected chi connectivity index (χ3v) is 2.99. The Labute approximate surface area is 126 Å². The summed E-state index contributed by atoms with van der Waals surface area (Å²) < 4.78 is 0. The zero-order chi connectivity index (χ0) is 15.4. The molecular formula is C15H13ClN2O3. The number of hydrazine groups is 1. The lowest BCUT2D eigenvalue weighted by Gasteiger charge is -2.24. The van der Waals surface area contributed by atoms with E-state index in [4.69, 9.17) is 11.6 Å². The van der Waals surface area contributed by atoms with Crippen LogP contribution in [-0.4, -0.2) is 17.0 Å². The predicted molar refractivity (Wildman–Crippen MR) is 81.6 cm³/mol. The normalized spacial score (nSPS) is 10.0. The zero-order valence-electron chi connectivity index (χ0n) is 11.2. The number of carbonyl (C=O) groups excluding carboxylic acids is 1. The second kappa shape index (κ2) is 6.28. The highest BCUT2D eigenvalue weighted by Gasteiger charge is 2.19. The molecule has 0 spiro atoms. The minimum Gasteiger partial charge on any atom is -0.478 e. The highest BCUT2D eigenvalue weighted by Crippen LogP contribution is 2.25. The first-order valence-corrected chi connectivity index (χ1v) is 6.52. The van der Waals surface area contributed by atoms with Crippen LogP contribution in [0, 0.1) is 0 Å². The second-order valence-corrected chi connectivity index (χ2v) is 4.74. The molecule has 1 amide bonds. The van der Waals surface area contributed by atoms with Crippen LogP contribution in [-0.2, 0) is 4.79 Å². The molecule has 0 aromatic heterocycles. The highest BCUT2D eigenvalue weighted by atomic mass is 35.5. The zero-order valence-corrected chi connectivity index (χ0v) is 12.0. The van der Waals surface area contributed by atoms with Crippen LogP contribution >= 0.6 is 11.6 Å². The van der Waals surface area contributed by atoms with Crippen molar-refractivity contribution in [2.45, 2.75) is 6.92 Å². The molecule has 0 fully saturated rings. The number of nitrogens with one attached hydrogen (secondary N) is 1. The van der Waals surface area contributed by atoms with Crippen molar-refractivity contribution in [3.05, 3.63) is 59.1 Å². The molecule has 0 saturated heterocycles. The topological polar surface area (TPSA) is 69.6 Å². The van der Waals surface area contributed by atoms with Gasteiger partial charge >= 0.3 is 5.97 Å². The second-order valence-electron chi connectivity index (χ2n) is 4.30. The van der Waals surface area contributed by atoms with Crippen LogP contribution in [0.2, 0.25) is 5.02 Å². The number of nitrogens with zero attached hydrogens (tertiary/aromatic N) is 1. The molecule has 0 unspecified atom stereocenters. The number of para-hydroxylation sites is 1. The molecule has 0 atom stereocenters. The minimum atomic E-state index is -1.16. The summed E-state index contributed by atoms with van der Waals surface area (Å²) >= 11 is 5.82. The molecule has 21 heavy (non-hydrogen) atoms. The van der Waals surface area contributed by atoms with E-state index in [-0.39, 0.29) is 17.2 Å². The lowest BCUT2D eigenvalue weighted by Crippen LogP contribution is -2.35. The SMILES string of the molecule is CC(=O)N(Nc1ccccc1)c1ccc(Cl)cc1C(=O)O. The average molecular weight is 305 g/mol. The smallest absolute Gasteiger partial charge is 0.337 e. The van der Waals surface area contributed by atoms with Gasteiger partial charge in [0, 0.05) is 11.9 Å². The Morgan fingerprint density at radius 1 is 1.14 bits per heavy atom. The molecule has 0 saturated carbocycles. The van der Waals surface area contributed by atoms with Crippen molar-refractivity contribution in [2.75, 3.05) is 10.4 Å². The van der Waals surface area contributed by atoms with E-state index in [1.165, 1.54) is 30.1 Å². The lowest BCUT2D eigenvalue weighted by molar-refractivity contribution is -0.116. The first kappa shape index (κ1) is 14.9. The van der Waals surface area contributed by atoms with Crippen LogP contribution in [0.4, 0.5) is 11.4 Å². The third kappa shape index (κ3) is 3.52. The molecule has 0 radical (unpaired) electrons. The number of hydrogen-bond acceptors (Lipinski definition) is 3. The molecule has 0 aliphatic carbocycles. The number of amides is 1. The molecule has 2 aromatic rings. The summed E-state index contributed by atoms with van der Waals surface area (Å²) in [5.41, 5.74) is 3.72. The Balaban J connectivity index is 2.44. The van der Waals surface area contributed by atoms with Crippen molar-refractivity contribution in [3.63, 3.8) is 0 Å². The summed E-state index contributed by atoms with van der Waals surface area (Å²) in [4.78, 5) is 23.2. The molecule has 0 bridgehead atoms. The third-order valence-electron chi connectivity index (χ3n) is 2.76. The van der Waals surface area contributed by atoms with Gasteiger partial charge in [0.2, 0.25) is 5.91 Å². The van der Waals surface area contributed by atoms with E-state index in [2.05, 4.69) is 5.43 Å². The number of carboxylic acids is 1. The molecule has 2 N–H and O–H groups in total. The van der Waals surface area contributed by atoms with Crippen LogP contribution < -0.4 is 10.4 Å². The maximum atomic E-state index is 11.8. The van der Waals surface area contributed by atoms with Gasteiger partial charge in [-0.1, -0.05) is 29.8 Å². The van der Waals surface area contributed by atoms with Gasteiger partial charge < -0.3 is 5.11 Å². The summed E-state index contributed by atoms with van der Waals surface area (Å²) in [5, 5.41) is 10.7. The highest BCUT2D eigenvalue weighted by molar-refractivity contribution is 6.31. The largest absolute Gasteiger partial charge is 0.478 e. The quantitative estimate of drug-likeness (QED) is 0.849. The first-order valence-electron chi connectivity index (χ1n) is 6.14. The van der Waals surface area contributed by atoms with Crippen LogP contribution in [0.5, 0.6) is 0 Å². The summed E-state index contributed by atoms with van der Waals surface area (Å²) in [5.74, 6) is -1.50. The maximum absolute atomic E-state index is 11.8. The van der Waals surface area contributed by atoms with Gasteiger partial charge in [0.25, 0.3) is 0 Å². The summed E-state index contributed by atoms with van der Waals surface area (Å²) in [7, 11) is 0. The van der Waals surface area contributed by atoms with Crippen molar-refractivity contribution in [2.24, 2.45) is 0 Å². The Morgan fingerprint density at radius 2 is 1.81 bits per heavy atom. The van der Waals surface area contributed by atoms with E-state index in [0.29, 0.717) is 10.7 Å².